The molecule has 2 heterocycles. The Kier molecular flexibility index (Phi) is 11.5. The molecule has 1 fully saturated rings. The molecule has 0 radical (unpaired) electrons. The second-order valence-corrected chi connectivity index (χ2v) is 8.14. The van der Waals surface area contributed by atoms with Gasteiger partial charge in [0.15, 0.2) is 0 Å². The molecule has 0 atom stereocenters. The first-order valence-corrected chi connectivity index (χ1v) is 11.4. The minimum atomic E-state index is -0.205. The first kappa shape index (κ1) is 28.6. The van der Waals surface area contributed by atoms with Gasteiger partial charge in [-0.1, -0.05) is 18.2 Å². The van der Waals surface area contributed by atoms with E-state index in [9.17, 15) is 9.59 Å². The average molecular weight is 523 g/mol. The maximum atomic E-state index is 12.7. The predicted molar refractivity (Wildman–Crippen MR) is 141 cm³/mol. The monoisotopic (exact) mass is 522 g/mol. The van der Waals surface area contributed by atoms with Gasteiger partial charge < -0.3 is 14.8 Å². The molecule has 2 aromatic rings. The summed E-state index contributed by atoms with van der Waals surface area (Å²) >= 11 is 0. The molecular weight excluding hydrogens is 491 g/mol. The van der Waals surface area contributed by atoms with Crippen molar-refractivity contribution in [1.29, 1.82) is 0 Å². The molecule has 0 saturated carbocycles. The van der Waals surface area contributed by atoms with Crippen molar-refractivity contribution in [1.82, 2.24) is 9.91 Å². The largest absolute Gasteiger partial charge is 0.465 e. The lowest BCUT2D eigenvalue weighted by Crippen LogP contribution is -2.35. The molecule has 2 aliphatic rings. The van der Waals surface area contributed by atoms with E-state index in [1.807, 2.05) is 36.2 Å². The fourth-order valence-electron chi connectivity index (χ4n) is 3.96. The molecule has 1 amide bonds. The Morgan fingerprint density at radius 2 is 1.80 bits per heavy atom. The van der Waals surface area contributed by atoms with E-state index in [2.05, 4.69) is 21.4 Å². The van der Waals surface area contributed by atoms with E-state index in [0.717, 1.165) is 42.9 Å². The van der Waals surface area contributed by atoms with Crippen molar-refractivity contribution in [2.45, 2.75) is 19.9 Å². The Hall–Kier alpha value is -2.65. The number of halogens is 2. The van der Waals surface area contributed by atoms with E-state index in [0.29, 0.717) is 31.9 Å². The number of amides is 1. The summed E-state index contributed by atoms with van der Waals surface area (Å²) in [4.78, 5) is 26.6. The van der Waals surface area contributed by atoms with Gasteiger partial charge in [-0.2, -0.15) is 5.10 Å². The Bertz CT molecular complexity index is 1010. The Labute approximate surface area is 218 Å². The van der Waals surface area contributed by atoms with Crippen molar-refractivity contribution in [2.75, 3.05) is 51.3 Å². The fraction of sp³-hybridized carbons (Fsp3) is 0.400. The zero-order valence-electron chi connectivity index (χ0n) is 19.8. The highest BCUT2D eigenvalue weighted by Gasteiger charge is 2.19. The van der Waals surface area contributed by atoms with Crippen LogP contribution in [0.3, 0.4) is 0 Å². The van der Waals surface area contributed by atoms with Gasteiger partial charge in [-0.25, -0.2) is 0 Å². The van der Waals surface area contributed by atoms with Crippen LogP contribution in [0, 0.1) is 0 Å². The third-order valence-corrected chi connectivity index (χ3v) is 5.74. The number of carbonyl (C=O) groups excluding carboxylic acids is 2. The van der Waals surface area contributed by atoms with E-state index >= 15 is 0 Å². The van der Waals surface area contributed by atoms with Crippen LogP contribution < -0.4 is 5.32 Å². The van der Waals surface area contributed by atoms with Gasteiger partial charge >= 0.3 is 5.97 Å². The normalized spacial score (nSPS) is 15.5. The molecule has 2 aromatic carbocycles. The first-order chi connectivity index (χ1) is 16.1. The van der Waals surface area contributed by atoms with E-state index in [1.165, 1.54) is 5.56 Å². The number of nitrogens with one attached hydrogen (secondary N) is 1. The first-order valence-electron chi connectivity index (χ1n) is 11.4. The van der Waals surface area contributed by atoms with Gasteiger partial charge in [0.25, 0.3) is 5.91 Å². The third-order valence-electron chi connectivity index (χ3n) is 5.74. The van der Waals surface area contributed by atoms with Crippen molar-refractivity contribution in [3.8, 4) is 0 Å². The predicted octanol–water partition coefficient (Wildman–Crippen LogP) is 3.37. The van der Waals surface area contributed by atoms with Crippen LogP contribution in [0.5, 0.6) is 0 Å². The Balaban J connectivity index is 0.00000216. The summed E-state index contributed by atoms with van der Waals surface area (Å²) in [6, 6.07) is 13.4. The standard InChI is InChI=1S/C25H30N4O4.2ClH/c1-2-33-24(30)18-28-10-9-20-7-8-23(15-22(20)17-28)27-25(31)21-5-3-19(4-6-21)16-26-29-11-13-32-14-12-29;;/h3-8,15-16H,2,9-14,17-18H2,1H3,(H,27,31);2*1H. The van der Waals surface area contributed by atoms with E-state index in [-0.39, 0.29) is 43.2 Å². The second kappa shape index (κ2) is 14.0. The SMILES string of the molecule is CCOC(=O)CN1CCc2ccc(NC(=O)c3ccc(C=NN4CCOCC4)cc3)cc2C1.Cl.Cl. The lowest BCUT2D eigenvalue weighted by atomic mass is 9.99. The highest BCUT2D eigenvalue weighted by Crippen LogP contribution is 2.23. The molecule has 0 spiro atoms. The quantitative estimate of drug-likeness (QED) is 0.443. The molecule has 0 aromatic heterocycles. The lowest BCUT2D eigenvalue weighted by Gasteiger charge is -2.28. The summed E-state index contributed by atoms with van der Waals surface area (Å²) in [6.07, 6.45) is 2.68. The third kappa shape index (κ3) is 8.21. The number of morpholine rings is 1. The number of hydrogen-bond acceptors (Lipinski definition) is 7. The van der Waals surface area contributed by atoms with Crippen LogP contribution in [0.15, 0.2) is 47.6 Å². The van der Waals surface area contributed by atoms with Gasteiger partial charge in [0.05, 0.1) is 45.7 Å². The number of rotatable bonds is 7. The van der Waals surface area contributed by atoms with Gasteiger partial charge in [-0.05, 0) is 54.3 Å². The molecule has 1 N–H and O–H groups in total. The lowest BCUT2D eigenvalue weighted by molar-refractivity contribution is -0.144. The number of benzene rings is 2. The molecule has 1 saturated heterocycles. The molecular formula is C25H32Cl2N4O4. The van der Waals surface area contributed by atoms with Crippen LogP contribution in [-0.2, 0) is 27.2 Å². The maximum absolute atomic E-state index is 12.7. The fourth-order valence-corrected chi connectivity index (χ4v) is 3.96. The van der Waals surface area contributed by atoms with Gasteiger partial charge in [0.2, 0.25) is 0 Å². The van der Waals surface area contributed by atoms with Crippen LogP contribution in [0.25, 0.3) is 0 Å². The van der Waals surface area contributed by atoms with Crippen LogP contribution >= 0.6 is 24.8 Å². The highest BCUT2D eigenvalue weighted by molar-refractivity contribution is 6.04. The zero-order chi connectivity index (χ0) is 23.0. The number of ether oxygens (including phenoxy) is 2. The molecule has 0 aliphatic carbocycles. The van der Waals surface area contributed by atoms with Gasteiger partial charge in [-0.3, -0.25) is 19.5 Å². The number of fused-ring (bicyclic) bond motifs is 1. The van der Waals surface area contributed by atoms with Gasteiger partial charge in [0, 0.05) is 24.3 Å². The summed E-state index contributed by atoms with van der Waals surface area (Å²) in [6.45, 7) is 6.94. The number of hydrazone groups is 1. The summed E-state index contributed by atoms with van der Waals surface area (Å²) in [5.41, 5.74) is 4.64. The van der Waals surface area contributed by atoms with Crippen LogP contribution in [-0.4, -0.2) is 74.0 Å². The van der Waals surface area contributed by atoms with Crippen molar-refractivity contribution in [3.63, 3.8) is 0 Å². The number of anilines is 1. The Morgan fingerprint density at radius 1 is 1.06 bits per heavy atom. The highest BCUT2D eigenvalue weighted by atomic mass is 35.5. The number of esters is 1. The molecule has 0 unspecified atom stereocenters. The van der Waals surface area contributed by atoms with Crippen LogP contribution in [0.1, 0.15) is 34.0 Å². The summed E-state index contributed by atoms with van der Waals surface area (Å²) in [7, 11) is 0. The summed E-state index contributed by atoms with van der Waals surface area (Å²) < 4.78 is 10.4. The summed E-state index contributed by atoms with van der Waals surface area (Å²) in [5, 5.41) is 9.43. The molecule has 2 aliphatic heterocycles. The molecule has 35 heavy (non-hydrogen) atoms. The zero-order valence-corrected chi connectivity index (χ0v) is 21.4. The molecule has 190 valence electrons. The molecule has 10 heteroatoms. The molecule has 0 bridgehead atoms. The summed E-state index contributed by atoms with van der Waals surface area (Å²) in [5.74, 6) is -0.366. The maximum Gasteiger partial charge on any atom is 0.320 e. The minimum Gasteiger partial charge on any atom is -0.465 e. The topological polar surface area (TPSA) is 83.5 Å². The Morgan fingerprint density at radius 3 is 2.51 bits per heavy atom. The molecule has 4 rings (SSSR count). The van der Waals surface area contributed by atoms with Crippen LogP contribution in [0.4, 0.5) is 5.69 Å². The van der Waals surface area contributed by atoms with Crippen molar-refractivity contribution >= 4 is 48.6 Å². The smallest absolute Gasteiger partial charge is 0.320 e. The second-order valence-electron chi connectivity index (χ2n) is 8.14. The van der Waals surface area contributed by atoms with E-state index in [4.69, 9.17) is 9.47 Å². The van der Waals surface area contributed by atoms with E-state index in [1.54, 1.807) is 18.3 Å². The van der Waals surface area contributed by atoms with Crippen molar-refractivity contribution in [3.05, 3.63) is 64.7 Å². The number of hydrogen-bond donors (Lipinski definition) is 1. The van der Waals surface area contributed by atoms with E-state index < -0.39 is 0 Å². The molecule has 8 nitrogen and oxygen atoms in total. The van der Waals surface area contributed by atoms with Crippen molar-refractivity contribution < 1.29 is 19.1 Å². The van der Waals surface area contributed by atoms with Gasteiger partial charge in [-0.15, -0.1) is 24.8 Å². The van der Waals surface area contributed by atoms with Crippen molar-refractivity contribution in [2.24, 2.45) is 5.10 Å². The number of carbonyl (C=O) groups is 2. The number of nitrogens with zero attached hydrogens (tertiary/aromatic N) is 3. The minimum absolute atomic E-state index is 0. The van der Waals surface area contributed by atoms with Crippen LogP contribution in [0.2, 0.25) is 0 Å². The average Bonchev–Trinajstić information content (AvgIpc) is 2.83. The van der Waals surface area contributed by atoms with Gasteiger partial charge in [0.1, 0.15) is 0 Å².